The van der Waals surface area contributed by atoms with Gasteiger partial charge < -0.3 is 20.2 Å². The zero-order chi connectivity index (χ0) is 16.2. The van der Waals surface area contributed by atoms with Crippen LogP contribution in [0.3, 0.4) is 0 Å². The number of hydrogen-bond acceptors (Lipinski definition) is 4. The van der Waals surface area contributed by atoms with Crippen molar-refractivity contribution < 1.29 is 9.90 Å². The Hall–Kier alpha value is -2.70. The first-order valence-electron chi connectivity index (χ1n) is 7.72. The number of anilines is 1. The highest BCUT2D eigenvalue weighted by Crippen LogP contribution is 2.27. The van der Waals surface area contributed by atoms with Crippen molar-refractivity contribution in [3.05, 3.63) is 42.2 Å². The third-order valence-corrected chi connectivity index (χ3v) is 4.15. The van der Waals surface area contributed by atoms with E-state index in [0.29, 0.717) is 26.2 Å². The fourth-order valence-corrected chi connectivity index (χ4v) is 2.74. The highest BCUT2D eigenvalue weighted by molar-refractivity contribution is 5.75. The molecule has 0 aliphatic carbocycles. The minimum Gasteiger partial charge on any atom is -0.506 e. The number of benzene rings is 1. The summed E-state index contributed by atoms with van der Waals surface area (Å²) in [5.41, 5.74) is 1.77. The maximum absolute atomic E-state index is 12.3. The SMILES string of the molecule is CC(NC(=O)N1CCN(c2ccccc2O)CC1)c1cn[nH]c1. The van der Waals surface area contributed by atoms with Crippen LogP contribution < -0.4 is 10.2 Å². The fraction of sp³-hybridized carbons (Fsp3) is 0.375. The zero-order valence-corrected chi connectivity index (χ0v) is 13.1. The Morgan fingerprint density at radius 2 is 2.04 bits per heavy atom. The number of aromatic nitrogens is 2. The van der Waals surface area contributed by atoms with Crippen LogP contribution in [0, 0.1) is 0 Å². The van der Waals surface area contributed by atoms with E-state index < -0.39 is 0 Å². The highest BCUT2D eigenvalue weighted by Gasteiger charge is 2.23. The number of carbonyl (C=O) groups excluding carboxylic acids is 1. The number of phenols is 1. The largest absolute Gasteiger partial charge is 0.506 e. The van der Waals surface area contributed by atoms with Crippen molar-refractivity contribution in [1.82, 2.24) is 20.4 Å². The molecule has 0 spiro atoms. The van der Waals surface area contributed by atoms with Gasteiger partial charge >= 0.3 is 6.03 Å². The van der Waals surface area contributed by atoms with Crippen molar-refractivity contribution in [2.75, 3.05) is 31.1 Å². The number of para-hydroxylation sites is 2. The molecule has 1 aromatic heterocycles. The Kier molecular flexibility index (Phi) is 4.36. The lowest BCUT2D eigenvalue weighted by Gasteiger charge is -2.36. The summed E-state index contributed by atoms with van der Waals surface area (Å²) >= 11 is 0. The fourth-order valence-electron chi connectivity index (χ4n) is 2.74. The average molecular weight is 315 g/mol. The number of aromatic amines is 1. The van der Waals surface area contributed by atoms with E-state index >= 15 is 0 Å². The minimum atomic E-state index is -0.0857. The van der Waals surface area contributed by atoms with Gasteiger partial charge in [-0.25, -0.2) is 4.79 Å². The molecule has 1 aliphatic heterocycles. The Morgan fingerprint density at radius 3 is 2.70 bits per heavy atom. The van der Waals surface area contributed by atoms with Crippen LogP contribution >= 0.6 is 0 Å². The topological polar surface area (TPSA) is 84.5 Å². The standard InChI is InChI=1S/C16H21N5O2/c1-12(13-10-17-18-11-13)19-16(23)21-8-6-20(7-9-21)14-4-2-3-5-15(14)22/h2-5,10-12,22H,6-9H2,1H3,(H,17,18)(H,19,23). The lowest BCUT2D eigenvalue weighted by molar-refractivity contribution is 0.191. The second kappa shape index (κ2) is 6.60. The molecule has 1 fully saturated rings. The van der Waals surface area contributed by atoms with Gasteiger partial charge in [0, 0.05) is 37.9 Å². The predicted molar refractivity (Wildman–Crippen MR) is 87.4 cm³/mol. The molecular formula is C16H21N5O2. The number of aromatic hydroxyl groups is 1. The number of nitrogens with zero attached hydrogens (tertiary/aromatic N) is 3. The molecular weight excluding hydrogens is 294 g/mol. The second-order valence-electron chi connectivity index (χ2n) is 5.67. The van der Waals surface area contributed by atoms with Crippen molar-refractivity contribution in [3.8, 4) is 5.75 Å². The molecule has 1 aromatic carbocycles. The third kappa shape index (κ3) is 3.39. The van der Waals surface area contributed by atoms with Crippen LogP contribution in [0.25, 0.3) is 0 Å². The molecule has 1 saturated heterocycles. The second-order valence-corrected chi connectivity index (χ2v) is 5.67. The van der Waals surface area contributed by atoms with Gasteiger partial charge in [0.05, 0.1) is 17.9 Å². The number of H-pyrrole nitrogens is 1. The molecule has 3 rings (SSSR count). The monoisotopic (exact) mass is 315 g/mol. The number of urea groups is 1. The Morgan fingerprint density at radius 1 is 1.30 bits per heavy atom. The van der Waals surface area contributed by atoms with Crippen molar-refractivity contribution in [3.63, 3.8) is 0 Å². The number of nitrogens with one attached hydrogen (secondary N) is 2. The first-order chi connectivity index (χ1) is 11.1. The smallest absolute Gasteiger partial charge is 0.317 e. The van der Waals surface area contributed by atoms with Gasteiger partial charge in [-0.1, -0.05) is 12.1 Å². The van der Waals surface area contributed by atoms with Gasteiger partial charge in [-0.2, -0.15) is 5.10 Å². The zero-order valence-electron chi connectivity index (χ0n) is 13.1. The van der Waals surface area contributed by atoms with Crippen LogP contribution in [-0.4, -0.2) is 52.4 Å². The molecule has 0 saturated carbocycles. The van der Waals surface area contributed by atoms with Gasteiger partial charge in [0.2, 0.25) is 0 Å². The van der Waals surface area contributed by atoms with Gasteiger partial charge in [-0.15, -0.1) is 0 Å². The molecule has 3 N–H and O–H groups in total. The maximum Gasteiger partial charge on any atom is 0.317 e. The number of rotatable bonds is 3. The summed E-state index contributed by atoms with van der Waals surface area (Å²) < 4.78 is 0. The van der Waals surface area contributed by atoms with Gasteiger partial charge in [-0.05, 0) is 19.1 Å². The molecule has 1 atom stereocenters. The van der Waals surface area contributed by atoms with Crippen LogP contribution in [0.1, 0.15) is 18.5 Å². The van der Waals surface area contributed by atoms with Crippen molar-refractivity contribution in [1.29, 1.82) is 0 Å². The molecule has 0 bridgehead atoms. The number of phenolic OH excluding ortho intramolecular Hbond substituents is 1. The molecule has 1 unspecified atom stereocenters. The van der Waals surface area contributed by atoms with E-state index in [2.05, 4.69) is 20.4 Å². The van der Waals surface area contributed by atoms with E-state index in [9.17, 15) is 9.90 Å². The number of piperazine rings is 1. The van der Waals surface area contributed by atoms with Crippen LogP contribution in [0.5, 0.6) is 5.75 Å². The predicted octanol–water partition coefficient (Wildman–Crippen LogP) is 1.71. The van der Waals surface area contributed by atoms with Gasteiger partial charge in [0.25, 0.3) is 0 Å². The Bertz CT molecular complexity index is 650. The number of hydrogen-bond donors (Lipinski definition) is 3. The van der Waals surface area contributed by atoms with Crippen molar-refractivity contribution in [2.24, 2.45) is 0 Å². The third-order valence-electron chi connectivity index (χ3n) is 4.15. The lowest BCUT2D eigenvalue weighted by Crippen LogP contribution is -2.52. The van der Waals surface area contributed by atoms with E-state index in [4.69, 9.17) is 0 Å². The summed E-state index contributed by atoms with van der Waals surface area (Å²) in [6, 6.07) is 7.13. The highest BCUT2D eigenvalue weighted by atomic mass is 16.3. The van der Waals surface area contributed by atoms with Crippen molar-refractivity contribution >= 4 is 11.7 Å². The number of amides is 2. The molecule has 122 valence electrons. The Balaban J connectivity index is 1.54. The van der Waals surface area contributed by atoms with E-state index in [1.165, 1.54) is 0 Å². The molecule has 2 aromatic rings. The molecule has 1 aliphatic rings. The molecule has 0 radical (unpaired) electrons. The summed E-state index contributed by atoms with van der Waals surface area (Å²) in [5, 5.41) is 19.5. The normalized spacial score (nSPS) is 16.2. The molecule has 2 heterocycles. The van der Waals surface area contributed by atoms with Gasteiger partial charge in [0.1, 0.15) is 5.75 Å². The van der Waals surface area contributed by atoms with E-state index in [1.807, 2.05) is 19.1 Å². The van der Waals surface area contributed by atoms with E-state index in [-0.39, 0.29) is 17.8 Å². The van der Waals surface area contributed by atoms with Crippen LogP contribution in [0.15, 0.2) is 36.7 Å². The Labute approximate surface area is 134 Å². The first kappa shape index (κ1) is 15.2. The molecule has 2 amide bonds. The van der Waals surface area contributed by atoms with Crippen molar-refractivity contribution in [2.45, 2.75) is 13.0 Å². The minimum absolute atomic E-state index is 0.0735. The quantitative estimate of drug-likeness (QED) is 0.805. The van der Waals surface area contributed by atoms with E-state index in [1.54, 1.807) is 29.4 Å². The average Bonchev–Trinajstić information content (AvgIpc) is 3.10. The first-order valence-corrected chi connectivity index (χ1v) is 7.72. The summed E-state index contributed by atoms with van der Waals surface area (Å²) in [6.45, 7) is 4.58. The van der Waals surface area contributed by atoms with Gasteiger partial charge in [0.15, 0.2) is 0 Å². The van der Waals surface area contributed by atoms with Crippen LogP contribution in [0.4, 0.5) is 10.5 Å². The lowest BCUT2D eigenvalue weighted by atomic mass is 10.2. The summed E-state index contributed by atoms with van der Waals surface area (Å²) in [5.74, 6) is 0.277. The van der Waals surface area contributed by atoms with E-state index in [0.717, 1.165) is 11.3 Å². The summed E-state index contributed by atoms with van der Waals surface area (Å²) in [6.07, 6.45) is 3.49. The molecule has 7 nitrogen and oxygen atoms in total. The van der Waals surface area contributed by atoms with Gasteiger partial charge in [-0.3, -0.25) is 5.10 Å². The molecule has 23 heavy (non-hydrogen) atoms. The van der Waals surface area contributed by atoms with Crippen LogP contribution in [0.2, 0.25) is 0 Å². The van der Waals surface area contributed by atoms with Crippen LogP contribution in [-0.2, 0) is 0 Å². The maximum atomic E-state index is 12.3. The molecule has 7 heteroatoms. The summed E-state index contributed by atoms with van der Waals surface area (Å²) in [4.78, 5) is 16.2. The number of carbonyl (C=O) groups is 1. The summed E-state index contributed by atoms with van der Waals surface area (Å²) in [7, 11) is 0.